The molecule has 1 aliphatic rings. The maximum absolute atomic E-state index is 2.48. The number of allylic oxidation sites excluding steroid dienone is 1. The zero-order chi connectivity index (χ0) is 54.1. The molecule has 0 atom stereocenters. The Morgan fingerprint density at radius 2 is 0.573 bits per heavy atom. The highest BCUT2D eigenvalue weighted by Crippen LogP contribution is 2.50. The SMILES string of the molecule is C1=Cc2ccc(N(c3ccc4ccccc4c3)c3ccc4c(-c5ccc(-c6ccc7ccccc7c6)cc5)c5cc(N(c6ccc7ccccc7c6)c6ccc7ccccc7c6)ccc5c(-c5ccc6ccccc6c5)c4c3)cc2CC1. The second kappa shape index (κ2) is 19.7. The van der Waals surface area contributed by atoms with E-state index in [9.17, 15) is 0 Å². The standard InChI is InChI=1S/C80H54N2/c1-7-19-61-45-67(31-27-53(61)13-1)59-25-29-60(30-26-59)79-75-43-41-74(82(71-39-35-57-17-5-11-23-65(57)49-71)72-40-36-58-18-6-12-24-66(58)50-72)52-78(75)80(68-32-28-54-14-2-8-20-62(54)46-68)76-44-42-73(51-77(76)79)81(69-37-33-55-15-3-9-21-63(55)47-69)70-38-34-56-16-4-10-22-64(56)48-70/h1-11,13-23,25-52H,12,24H2. The monoisotopic (exact) mass is 1040 g/mol. The lowest BCUT2D eigenvalue weighted by Crippen LogP contribution is -2.11. The van der Waals surface area contributed by atoms with E-state index in [1.807, 2.05) is 0 Å². The van der Waals surface area contributed by atoms with Crippen LogP contribution in [0.2, 0.25) is 0 Å². The van der Waals surface area contributed by atoms with Gasteiger partial charge in [0.15, 0.2) is 0 Å². The van der Waals surface area contributed by atoms with E-state index in [1.54, 1.807) is 0 Å². The van der Waals surface area contributed by atoms with Gasteiger partial charge >= 0.3 is 0 Å². The summed E-state index contributed by atoms with van der Waals surface area (Å²) in [5, 5.41) is 16.9. The number of hydrogen-bond donors (Lipinski definition) is 0. The van der Waals surface area contributed by atoms with Crippen LogP contribution in [0.5, 0.6) is 0 Å². The van der Waals surface area contributed by atoms with Gasteiger partial charge in [0.25, 0.3) is 0 Å². The zero-order valence-corrected chi connectivity index (χ0v) is 45.2. The number of hydrogen-bond acceptors (Lipinski definition) is 2. The van der Waals surface area contributed by atoms with Gasteiger partial charge in [-0.2, -0.15) is 0 Å². The Bertz CT molecular complexity index is 4990. The van der Waals surface area contributed by atoms with E-state index in [1.165, 1.54) is 114 Å². The molecule has 2 nitrogen and oxygen atoms in total. The van der Waals surface area contributed by atoms with E-state index in [-0.39, 0.29) is 0 Å². The Balaban J connectivity index is 0.984. The van der Waals surface area contributed by atoms with E-state index in [2.05, 4.69) is 313 Å². The van der Waals surface area contributed by atoms with E-state index < -0.39 is 0 Å². The van der Waals surface area contributed by atoms with Gasteiger partial charge in [-0.25, -0.2) is 0 Å². The smallest absolute Gasteiger partial charge is 0.0468 e. The molecule has 0 N–H and O–H groups in total. The molecule has 15 aromatic rings. The van der Waals surface area contributed by atoms with E-state index in [0.29, 0.717) is 0 Å². The highest BCUT2D eigenvalue weighted by atomic mass is 15.1. The van der Waals surface area contributed by atoms with Crippen LogP contribution in [0.1, 0.15) is 17.5 Å². The first-order valence-corrected chi connectivity index (χ1v) is 28.6. The number of fused-ring (bicyclic) bond motifs is 8. The van der Waals surface area contributed by atoms with Crippen LogP contribution in [0.25, 0.3) is 115 Å². The molecule has 1 aliphatic carbocycles. The predicted molar refractivity (Wildman–Crippen MR) is 352 cm³/mol. The molecule has 0 radical (unpaired) electrons. The Hall–Kier alpha value is -10.5. The molecule has 0 fully saturated rings. The number of benzene rings is 15. The Morgan fingerprint density at radius 1 is 0.232 bits per heavy atom. The summed E-state index contributed by atoms with van der Waals surface area (Å²) in [5.41, 5.74) is 16.4. The summed E-state index contributed by atoms with van der Waals surface area (Å²) >= 11 is 0. The van der Waals surface area contributed by atoms with Crippen LogP contribution in [-0.2, 0) is 6.42 Å². The molecule has 2 heteroatoms. The molecule has 0 heterocycles. The fourth-order valence-corrected chi connectivity index (χ4v) is 13.0. The van der Waals surface area contributed by atoms with Gasteiger partial charge in [0.2, 0.25) is 0 Å². The lowest BCUT2D eigenvalue weighted by atomic mass is 9.84. The largest absolute Gasteiger partial charge is 0.310 e. The van der Waals surface area contributed by atoms with Crippen molar-refractivity contribution in [3.63, 3.8) is 0 Å². The van der Waals surface area contributed by atoms with Gasteiger partial charge < -0.3 is 9.80 Å². The van der Waals surface area contributed by atoms with Crippen LogP contribution >= 0.6 is 0 Å². The Morgan fingerprint density at radius 3 is 1.06 bits per heavy atom. The van der Waals surface area contributed by atoms with Crippen LogP contribution in [0, 0.1) is 0 Å². The summed E-state index contributed by atoms with van der Waals surface area (Å²) in [6.07, 6.45) is 6.64. The first-order valence-electron chi connectivity index (χ1n) is 28.6. The highest BCUT2D eigenvalue weighted by Gasteiger charge is 2.24. The maximum atomic E-state index is 2.48. The second-order valence-corrected chi connectivity index (χ2v) is 22.0. The van der Waals surface area contributed by atoms with Crippen LogP contribution in [0.15, 0.2) is 297 Å². The van der Waals surface area contributed by atoms with E-state index in [4.69, 9.17) is 0 Å². The molecule has 0 amide bonds. The Kier molecular flexibility index (Phi) is 11.4. The molecule has 16 rings (SSSR count). The number of nitrogens with zero attached hydrogens (tertiary/aromatic N) is 2. The summed E-state index contributed by atoms with van der Waals surface area (Å²) in [7, 11) is 0. The van der Waals surface area contributed by atoms with Crippen molar-refractivity contribution in [3.05, 3.63) is 308 Å². The fraction of sp³-hybridized carbons (Fsp3) is 0.0250. The molecule has 82 heavy (non-hydrogen) atoms. The normalized spacial score (nSPS) is 12.2. The van der Waals surface area contributed by atoms with Crippen molar-refractivity contribution in [2.24, 2.45) is 0 Å². The molecule has 384 valence electrons. The molecule has 0 saturated carbocycles. The minimum Gasteiger partial charge on any atom is -0.310 e. The van der Waals surface area contributed by atoms with Gasteiger partial charge in [-0.15, -0.1) is 0 Å². The molecular weight excluding hydrogens is 989 g/mol. The third-order valence-corrected chi connectivity index (χ3v) is 17.1. The van der Waals surface area contributed by atoms with Gasteiger partial charge in [-0.05, 0) is 218 Å². The first-order chi connectivity index (χ1) is 40.6. The topological polar surface area (TPSA) is 6.48 Å². The second-order valence-electron chi connectivity index (χ2n) is 22.0. The summed E-state index contributed by atoms with van der Waals surface area (Å²) in [6, 6.07) is 109. The first kappa shape index (κ1) is 47.5. The van der Waals surface area contributed by atoms with Gasteiger partial charge in [-0.1, -0.05) is 218 Å². The molecule has 0 unspecified atom stereocenters. The molecule has 0 bridgehead atoms. The molecule has 0 saturated heterocycles. The average Bonchev–Trinajstić information content (AvgIpc) is 3.29. The summed E-state index contributed by atoms with van der Waals surface area (Å²) < 4.78 is 0. The molecule has 0 spiro atoms. The van der Waals surface area contributed by atoms with Gasteiger partial charge in [0, 0.05) is 34.1 Å². The number of anilines is 6. The summed E-state index contributed by atoms with van der Waals surface area (Å²) in [5.74, 6) is 0. The summed E-state index contributed by atoms with van der Waals surface area (Å²) in [4.78, 5) is 4.93. The third-order valence-electron chi connectivity index (χ3n) is 17.1. The number of aryl methyl sites for hydroxylation is 1. The van der Waals surface area contributed by atoms with Crippen LogP contribution in [0.3, 0.4) is 0 Å². The van der Waals surface area contributed by atoms with Crippen molar-refractivity contribution in [1.82, 2.24) is 0 Å². The summed E-state index contributed by atoms with van der Waals surface area (Å²) in [6.45, 7) is 0. The molecular formula is C80H54N2. The zero-order valence-electron chi connectivity index (χ0n) is 45.2. The van der Waals surface area contributed by atoms with Crippen molar-refractivity contribution in [2.45, 2.75) is 12.8 Å². The molecule has 15 aromatic carbocycles. The van der Waals surface area contributed by atoms with Crippen LogP contribution in [0.4, 0.5) is 34.1 Å². The number of rotatable bonds is 9. The van der Waals surface area contributed by atoms with Crippen LogP contribution in [-0.4, -0.2) is 0 Å². The highest BCUT2D eigenvalue weighted by molar-refractivity contribution is 6.23. The Labute approximate surface area is 477 Å². The van der Waals surface area contributed by atoms with E-state index >= 15 is 0 Å². The van der Waals surface area contributed by atoms with Gasteiger partial charge in [0.05, 0.1) is 0 Å². The lowest BCUT2D eigenvalue weighted by molar-refractivity contribution is 0.984. The third kappa shape index (κ3) is 8.35. The maximum Gasteiger partial charge on any atom is 0.0468 e. The molecule has 0 aliphatic heterocycles. The molecule has 0 aromatic heterocycles. The predicted octanol–water partition coefficient (Wildman–Crippen LogP) is 22.7. The van der Waals surface area contributed by atoms with Crippen molar-refractivity contribution in [1.29, 1.82) is 0 Å². The average molecular weight is 1040 g/mol. The van der Waals surface area contributed by atoms with Crippen LogP contribution < -0.4 is 9.80 Å². The van der Waals surface area contributed by atoms with Crippen molar-refractivity contribution < 1.29 is 0 Å². The van der Waals surface area contributed by atoms with E-state index in [0.717, 1.165) is 52.5 Å². The van der Waals surface area contributed by atoms with Gasteiger partial charge in [0.1, 0.15) is 0 Å². The van der Waals surface area contributed by atoms with Gasteiger partial charge in [-0.3, -0.25) is 0 Å². The lowest BCUT2D eigenvalue weighted by Gasteiger charge is -2.29. The fourth-order valence-electron chi connectivity index (χ4n) is 13.0. The van der Waals surface area contributed by atoms with Crippen molar-refractivity contribution >= 4 is 116 Å². The van der Waals surface area contributed by atoms with Crippen molar-refractivity contribution in [3.8, 4) is 33.4 Å². The quantitative estimate of drug-likeness (QED) is 0.133. The minimum atomic E-state index is 1.02. The van der Waals surface area contributed by atoms with Crippen molar-refractivity contribution in [2.75, 3.05) is 9.80 Å². The minimum absolute atomic E-state index is 1.02.